The summed E-state index contributed by atoms with van der Waals surface area (Å²) in [6.45, 7) is 0.409. The predicted molar refractivity (Wildman–Crippen MR) is 93.5 cm³/mol. The molecule has 0 radical (unpaired) electrons. The van der Waals surface area contributed by atoms with Gasteiger partial charge >= 0.3 is 12.1 Å². The highest BCUT2D eigenvalue weighted by Crippen LogP contribution is 2.16. The Hall–Kier alpha value is -2.73. The largest absolute Gasteiger partial charge is 0.412 e. The second-order valence-corrected chi connectivity index (χ2v) is 5.52. The zero-order valence-electron chi connectivity index (χ0n) is 13.4. The Morgan fingerprint density at radius 1 is 1.17 bits per heavy atom. The lowest BCUT2D eigenvalue weighted by Gasteiger charge is -2.18. The summed E-state index contributed by atoms with van der Waals surface area (Å²) >= 11 is 5.89. The zero-order valence-corrected chi connectivity index (χ0v) is 14.1. The van der Waals surface area contributed by atoms with Gasteiger partial charge < -0.3 is 20.3 Å². The second-order valence-electron chi connectivity index (χ2n) is 5.08. The van der Waals surface area contributed by atoms with Crippen LogP contribution in [0.1, 0.15) is 5.56 Å². The van der Waals surface area contributed by atoms with E-state index in [1.165, 1.54) is 11.9 Å². The monoisotopic (exact) mass is 347 g/mol. The third kappa shape index (κ3) is 5.17. The molecule has 0 atom stereocenters. The van der Waals surface area contributed by atoms with Crippen molar-refractivity contribution in [3.63, 3.8) is 0 Å². The number of carbonyl (C=O) groups is 2. The van der Waals surface area contributed by atoms with E-state index in [4.69, 9.17) is 16.3 Å². The maximum absolute atomic E-state index is 12.2. The van der Waals surface area contributed by atoms with Crippen LogP contribution in [0.2, 0.25) is 5.02 Å². The summed E-state index contributed by atoms with van der Waals surface area (Å²) in [5.74, 6) is 0.434. The van der Waals surface area contributed by atoms with Crippen LogP contribution >= 0.6 is 11.6 Å². The molecular weight excluding hydrogens is 330 g/mol. The highest BCUT2D eigenvalue weighted by molar-refractivity contribution is 6.30. The summed E-state index contributed by atoms with van der Waals surface area (Å²) in [6, 6.07) is 13.6. The molecule has 6 nitrogen and oxygen atoms in total. The number of amides is 3. The number of ether oxygens (including phenoxy) is 1. The normalized spacial score (nSPS) is 9.96. The molecule has 0 saturated heterocycles. The summed E-state index contributed by atoms with van der Waals surface area (Å²) in [7, 11) is 3.18. The van der Waals surface area contributed by atoms with Crippen molar-refractivity contribution in [2.75, 3.05) is 19.4 Å². The standard InChI is InChI=1S/C17H18ClN3O3/c1-19-17(23)24-15-8-6-12(7-9-15)11-21(2)16(22)20-14-5-3-4-13(18)10-14/h3-10H,11H2,1-2H3,(H,19,23)(H,20,22). The number of urea groups is 1. The van der Waals surface area contributed by atoms with Gasteiger partial charge in [-0.1, -0.05) is 29.8 Å². The van der Waals surface area contributed by atoms with Crippen LogP contribution in [-0.4, -0.2) is 31.1 Å². The average Bonchev–Trinajstić information content (AvgIpc) is 2.56. The van der Waals surface area contributed by atoms with Crippen LogP contribution in [-0.2, 0) is 6.54 Å². The van der Waals surface area contributed by atoms with E-state index in [1.54, 1.807) is 55.6 Å². The number of anilines is 1. The zero-order chi connectivity index (χ0) is 17.5. The molecule has 0 aliphatic rings. The molecule has 0 spiro atoms. The highest BCUT2D eigenvalue weighted by atomic mass is 35.5. The number of nitrogens with one attached hydrogen (secondary N) is 2. The SMILES string of the molecule is CNC(=O)Oc1ccc(CN(C)C(=O)Nc2cccc(Cl)c2)cc1. The van der Waals surface area contributed by atoms with Gasteiger partial charge in [-0.3, -0.25) is 0 Å². The van der Waals surface area contributed by atoms with Crippen molar-refractivity contribution in [1.82, 2.24) is 10.2 Å². The van der Waals surface area contributed by atoms with Gasteiger partial charge in [0.05, 0.1) is 0 Å². The van der Waals surface area contributed by atoms with Crippen molar-refractivity contribution in [3.8, 4) is 5.75 Å². The summed E-state index contributed by atoms with van der Waals surface area (Å²) in [5.41, 5.74) is 1.54. The van der Waals surface area contributed by atoms with E-state index in [2.05, 4.69) is 10.6 Å². The number of rotatable bonds is 4. The fourth-order valence-corrected chi connectivity index (χ4v) is 2.14. The fourth-order valence-electron chi connectivity index (χ4n) is 1.95. The number of benzene rings is 2. The maximum atomic E-state index is 12.2. The van der Waals surface area contributed by atoms with Gasteiger partial charge in [0.1, 0.15) is 5.75 Å². The molecule has 2 rings (SSSR count). The van der Waals surface area contributed by atoms with Crippen LogP contribution in [0.5, 0.6) is 5.75 Å². The molecule has 0 unspecified atom stereocenters. The van der Waals surface area contributed by atoms with Crippen LogP contribution in [0, 0.1) is 0 Å². The molecule has 3 amide bonds. The molecule has 2 aromatic carbocycles. The van der Waals surface area contributed by atoms with Gasteiger partial charge in [0.2, 0.25) is 0 Å². The first-order chi connectivity index (χ1) is 11.5. The van der Waals surface area contributed by atoms with Crippen molar-refractivity contribution in [3.05, 3.63) is 59.1 Å². The smallest absolute Gasteiger partial charge is 0.410 e. The summed E-state index contributed by atoms with van der Waals surface area (Å²) in [5, 5.41) is 5.70. The van der Waals surface area contributed by atoms with E-state index < -0.39 is 6.09 Å². The lowest BCUT2D eigenvalue weighted by atomic mass is 10.2. The van der Waals surface area contributed by atoms with Crippen molar-refractivity contribution < 1.29 is 14.3 Å². The molecule has 0 bridgehead atoms. The minimum Gasteiger partial charge on any atom is -0.410 e. The number of hydrogen-bond donors (Lipinski definition) is 2. The number of nitrogens with zero attached hydrogens (tertiary/aromatic N) is 1. The molecule has 0 aliphatic carbocycles. The molecule has 0 aromatic heterocycles. The van der Waals surface area contributed by atoms with E-state index in [0.29, 0.717) is 23.0 Å². The number of carbonyl (C=O) groups excluding carboxylic acids is 2. The molecule has 7 heteroatoms. The van der Waals surface area contributed by atoms with Gasteiger partial charge in [-0.15, -0.1) is 0 Å². The van der Waals surface area contributed by atoms with E-state index in [-0.39, 0.29) is 6.03 Å². The topological polar surface area (TPSA) is 70.7 Å². The van der Waals surface area contributed by atoms with Crippen molar-refractivity contribution in [1.29, 1.82) is 0 Å². The number of halogens is 1. The minimum absolute atomic E-state index is 0.247. The molecule has 0 heterocycles. The van der Waals surface area contributed by atoms with Crippen molar-refractivity contribution in [2.45, 2.75) is 6.54 Å². The van der Waals surface area contributed by atoms with Gasteiger partial charge in [-0.05, 0) is 35.9 Å². The molecule has 126 valence electrons. The van der Waals surface area contributed by atoms with Crippen LogP contribution in [0.25, 0.3) is 0 Å². The van der Waals surface area contributed by atoms with Crippen LogP contribution in [0.3, 0.4) is 0 Å². The van der Waals surface area contributed by atoms with Gasteiger partial charge in [0.15, 0.2) is 0 Å². The van der Waals surface area contributed by atoms with Crippen LogP contribution in [0.4, 0.5) is 15.3 Å². The first-order valence-corrected chi connectivity index (χ1v) is 7.62. The van der Waals surface area contributed by atoms with Crippen molar-refractivity contribution in [2.24, 2.45) is 0 Å². The average molecular weight is 348 g/mol. The third-order valence-corrected chi connectivity index (χ3v) is 3.42. The minimum atomic E-state index is -0.527. The Labute approximate surface area is 145 Å². The Bertz CT molecular complexity index is 719. The van der Waals surface area contributed by atoms with E-state index in [1.807, 2.05) is 0 Å². The van der Waals surface area contributed by atoms with Gasteiger partial charge in [0.25, 0.3) is 0 Å². The Morgan fingerprint density at radius 2 is 1.88 bits per heavy atom. The predicted octanol–water partition coefficient (Wildman–Crippen LogP) is 3.72. The molecule has 2 aromatic rings. The van der Waals surface area contributed by atoms with E-state index in [0.717, 1.165) is 5.56 Å². The molecule has 24 heavy (non-hydrogen) atoms. The fraction of sp³-hybridized carbons (Fsp3) is 0.176. The van der Waals surface area contributed by atoms with Gasteiger partial charge in [0, 0.05) is 31.4 Å². The lowest BCUT2D eigenvalue weighted by Crippen LogP contribution is -2.30. The molecule has 0 aliphatic heterocycles. The van der Waals surface area contributed by atoms with Gasteiger partial charge in [-0.25, -0.2) is 9.59 Å². The maximum Gasteiger partial charge on any atom is 0.412 e. The molecule has 0 fully saturated rings. The lowest BCUT2D eigenvalue weighted by molar-refractivity contribution is 0.203. The first kappa shape index (κ1) is 17.6. The Balaban J connectivity index is 1.92. The molecule has 2 N–H and O–H groups in total. The first-order valence-electron chi connectivity index (χ1n) is 7.24. The number of hydrogen-bond acceptors (Lipinski definition) is 3. The second kappa shape index (κ2) is 8.21. The third-order valence-electron chi connectivity index (χ3n) is 3.18. The van der Waals surface area contributed by atoms with Crippen LogP contribution < -0.4 is 15.4 Å². The summed E-state index contributed by atoms with van der Waals surface area (Å²) in [6.07, 6.45) is -0.527. The Morgan fingerprint density at radius 3 is 2.50 bits per heavy atom. The van der Waals surface area contributed by atoms with Crippen LogP contribution in [0.15, 0.2) is 48.5 Å². The van der Waals surface area contributed by atoms with Crippen molar-refractivity contribution >= 4 is 29.4 Å². The quantitative estimate of drug-likeness (QED) is 0.885. The summed E-state index contributed by atoms with van der Waals surface area (Å²) in [4.78, 5) is 24.8. The van der Waals surface area contributed by atoms with E-state index >= 15 is 0 Å². The van der Waals surface area contributed by atoms with Gasteiger partial charge in [-0.2, -0.15) is 0 Å². The Kier molecular flexibility index (Phi) is 6.03. The van der Waals surface area contributed by atoms with E-state index in [9.17, 15) is 9.59 Å². The highest BCUT2D eigenvalue weighted by Gasteiger charge is 2.10. The molecule has 0 saturated carbocycles. The summed E-state index contributed by atoms with van der Waals surface area (Å²) < 4.78 is 5.01. The molecular formula is C17H18ClN3O3.